The first-order valence-corrected chi connectivity index (χ1v) is 9.09. The molecule has 1 aromatic heterocycles. The molecule has 23 heavy (non-hydrogen) atoms. The summed E-state index contributed by atoms with van der Waals surface area (Å²) < 4.78 is 0. The molecule has 3 aliphatic rings. The predicted octanol–water partition coefficient (Wildman–Crippen LogP) is 2.45. The Bertz CT molecular complexity index is 569. The molecule has 1 amide bonds. The number of hydrogen-bond acceptors (Lipinski definition) is 3. The van der Waals surface area contributed by atoms with Crippen molar-refractivity contribution in [3.05, 3.63) is 18.2 Å². The van der Waals surface area contributed by atoms with E-state index in [-0.39, 0.29) is 17.9 Å². The van der Waals surface area contributed by atoms with E-state index in [0.717, 1.165) is 50.8 Å². The van der Waals surface area contributed by atoms with Crippen LogP contribution in [0.2, 0.25) is 0 Å². The van der Waals surface area contributed by atoms with Crippen LogP contribution in [0.25, 0.3) is 0 Å². The summed E-state index contributed by atoms with van der Waals surface area (Å²) in [6, 6.07) is 0.237. The van der Waals surface area contributed by atoms with Gasteiger partial charge < -0.3 is 15.0 Å². The molecule has 5 heteroatoms. The minimum absolute atomic E-state index is 0.115. The number of amides is 1. The smallest absolute Gasteiger partial charge is 0.226 e. The van der Waals surface area contributed by atoms with Crippen LogP contribution in [0.5, 0.6) is 0 Å². The zero-order valence-electron chi connectivity index (χ0n) is 13.9. The highest BCUT2D eigenvalue weighted by Gasteiger charge is 2.51. The number of aromatic amines is 1. The normalized spacial score (nSPS) is 40.3. The molecule has 0 bridgehead atoms. The maximum atomic E-state index is 13.0. The molecule has 1 saturated heterocycles. The number of hydrogen-bond donors (Lipinski definition) is 2. The van der Waals surface area contributed by atoms with Gasteiger partial charge in [0.05, 0.1) is 11.9 Å². The van der Waals surface area contributed by atoms with Gasteiger partial charge in [-0.25, -0.2) is 4.98 Å². The van der Waals surface area contributed by atoms with Crippen molar-refractivity contribution in [3.8, 4) is 0 Å². The van der Waals surface area contributed by atoms with Crippen LogP contribution in [-0.4, -0.2) is 44.1 Å². The topological polar surface area (TPSA) is 69.2 Å². The van der Waals surface area contributed by atoms with E-state index >= 15 is 0 Å². The van der Waals surface area contributed by atoms with Gasteiger partial charge in [0.1, 0.15) is 0 Å². The monoisotopic (exact) mass is 317 g/mol. The molecule has 2 aliphatic carbocycles. The van der Waals surface area contributed by atoms with Crippen LogP contribution in [-0.2, 0) is 4.79 Å². The van der Waals surface area contributed by atoms with Crippen molar-refractivity contribution in [1.29, 1.82) is 0 Å². The Hall–Kier alpha value is -1.36. The maximum Gasteiger partial charge on any atom is 0.226 e. The third-order valence-electron chi connectivity index (χ3n) is 6.32. The number of H-pyrrole nitrogens is 1. The van der Waals surface area contributed by atoms with Crippen molar-refractivity contribution < 1.29 is 9.90 Å². The van der Waals surface area contributed by atoms with E-state index in [9.17, 15) is 9.90 Å². The van der Waals surface area contributed by atoms with E-state index in [1.54, 1.807) is 6.33 Å². The van der Waals surface area contributed by atoms with Crippen molar-refractivity contribution in [1.82, 2.24) is 14.9 Å². The number of imidazole rings is 1. The van der Waals surface area contributed by atoms with Crippen molar-refractivity contribution in [2.45, 2.75) is 69.4 Å². The first kappa shape index (κ1) is 15.2. The minimum atomic E-state index is -0.613. The summed E-state index contributed by atoms with van der Waals surface area (Å²) >= 11 is 0. The van der Waals surface area contributed by atoms with Crippen molar-refractivity contribution >= 4 is 5.91 Å². The highest BCUT2D eigenvalue weighted by molar-refractivity contribution is 5.83. The van der Waals surface area contributed by atoms with Crippen LogP contribution < -0.4 is 0 Å². The lowest BCUT2D eigenvalue weighted by Gasteiger charge is -2.43. The molecule has 1 aromatic rings. The van der Waals surface area contributed by atoms with Gasteiger partial charge in [-0.05, 0) is 39.0 Å². The fourth-order valence-corrected chi connectivity index (χ4v) is 4.93. The van der Waals surface area contributed by atoms with Gasteiger partial charge >= 0.3 is 0 Å². The third-order valence-corrected chi connectivity index (χ3v) is 6.32. The Morgan fingerprint density at radius 3 is 3.00 bits per heavy atom. The molecular weight excluding hydrogens is 290 g/mol. The van der Waals surface area contributed by atoms with E-state index < -0.39 is 5.60 Å². The van der Waals surface area contributed by atoms with Gasteiger partial charge in [-0.3, -0.25) is 4.79 Å². The molecule has 0 spiro atoms. The summed E-state index contributed by atoms with van der Waals surface area (Å²) in [6.45, 7) is 2.84. The van der Waals surface area contributed by atoms with Gasteiger partial charge in [-0.1, -0.05) is 12.8 Å². The second kappa shape index (κ2) is 5.62. The summed E-state index contributed by atoms with van der Waals surface area (Å²) in [5.41, 5.74) is 0.474. The summed E-state index contributed by atoms with van der Waals surface area (Å²) in [4.78, 5) is 22.3. The number of rotatable bonds is 3. The molecule has 2 heterocycles. The van der Waals surface area contributed by atoms with Crippen LogP contribution in [0.1, 0.15) is 63.5 Å². The minimum Gasteiger partial charge on any atom is -0.390 e. The Labute approximate surface area is 137 Å². The molecule has 1 aliphatic heterocycles. The van der Waals surface area contributed by atoms with Crippen LogP contribution in [0.15, 0.2) is 12.5 Å². The highest BCUT2D eigenvalue weighted by Crippen LogP contribution is 2.49. The molecule has 5 atom stereocenters. The summed E-state index contributed by atoms with van der Waals surface area (Å²) in [6.07, 6.45) is 10.8. The van der Waals surface area contributed by atoms with Crippen LogP contribution in [0.3, 0.4) is 0 Å². The molecule has 2 saturated carbocycles. The van der Waals surface area contributed by atoms with Gasteiger partial charge in [0.2, 0.25) is 5.91 Å². The maximum absolute atomic E-state index is 13.0. The molecule has 126 valence electrons. The van der Waals surface area contributed by atoms with Crippen LogP contribution in [0.4, 0.5) is 0 Å². The highest BCUT2D eigenvalue weighted by atomic mass is 16.3. The molecule has 0 radical (unpaired) electrons. The summed E-state index contributed by atoms with van der Waals surface area (Å²) in [7, 11) is 0. The fraction of sp³-hybridized carbons (Fsp3) is 0.778. The summed E-state index contributed by atoms with van der Waals surface area (Å²) in [5, 5.41) is 10.8. The first-order valence-electron chi connectivity index (χ1n) is 9.09. The van der Waals surface area contributed by atoms with Gasteiger partial charge in [0.15, 0.2) is 0 Å². The Morgan fingerprint density at radius 2 is 2.26 bits per heavy atom. The number of carbonyl (C=O) groups is 1. The lowest BCUT2D eigenvalue weighted by Crippen LogP contribution is -2.50. The standard InChI is InChI=1S/C18H27N3O2/c1-18(23)7-3-2-5-14(18)16-6-4-8-21(16)17(22)13-9-12(13)15-10-19-11-20-15/h10-14,16,23H,2-9H2,1H3,(H,19,20)/t12-,13-,14?,16?,18?/m1/s1. The number of nitrogens with zero attached hydrogens (tertiary/aromatic N) is 2. The number of likely N-dealkylation sites (tertiary alicyclic amines) is 1. The number of carbonyl (C=O) groups excluding carboxylic acids is 1. The second-order valence-corrected chi connectivity index (χ2v) is 7.91. The average molecular weight is 317 g/mol. The SMILES string of the molecule is CC1(O)CCCCC1C1CCCN1C(=O)[C@@H]1C[C@H]1c1cnc[nH]1. The Morgan fingerprint density at radius 1 is 1.39 bits per heavy atom. The van der Waals surface area contributed by atoms with Crippen LogP contribution >= 0.6 is 0 Å². The molecule has 2 N–H and O–H groups in total. The average Bonchev–Trinajstić information content (AvgIpc) is 2.95. The number of aromatic nitrogens is 2. The van der Waals surface area contributed by atoms with Gasteiger partial charge in [0, 0.05) is 42.2 Å². The third kappa shape index (κ3) is 2.69. The number of nitrogens with one attached hydrogen (secondary N) is 1. The molecule has 5 nitrogen and oxygen atoms in total. The van der Waals surface area contributed by atoms with E-state index in [1.807, 2.05) is 13.1 Å². The van der Waals surface area contributed by atoms with E-state index in [1.165, 1.54) is 6.42 Å². The zero-order valence-corrected chi connectivity index (χ0v) is 13.9. The van der Waals surface area contributed by atoms with Gasteiger partial charge in [-0.2, -0.15) is 0 Å². The van der Waals surface area contributed by atoms with Gasteiger partial charge in [0.25, 0.3) is 0 Å². The quantitative estimate of drug-likeness (QED) is 0.899. The van der Waals surface area contributed by atoms with Crippen molar-refractivity contribution in [3.63, 3.8) is 0 Å². The first-order chi connectivity index (χ1) is 11.1. The van der Waals surface area contributed by atoms with Crippen LogP contribution in [0, 0.1) is 11.8 Å². The van der Waals surface area contributed by atoms with Crippen molar-refractivity contribution in [2.24, 2.45) is 11.8 Å². The van der Waals surface area contributed by atoms with E-state index in [0.29, 0.717) is 11.8 Å². The molecule has 0 aromatic carbocycles. The molecule has 3 unspecified atom stereocenters. The molecule has 4 rings (SSSR count). The Balaban J connectivity index is 1.47. The van der Waals surface area contributed by atoms with Crippen molar-refractivity contribution in [2.75, 3.05) is 6.54 Å². The van der Waals surface area contributed by atoms with E-state index in [4.69, 9.17) is 0 Å². The Kier molecular flexibility index (Phi) is 3.71. The fourth-order valence-electron chi connectivity index (χ4n) is 4.93. The van der Waals surface area contributed by atoms with Gasteiger partial charge in [-0.15, -0.1) is 0 Å². The van der Waals surface area contributed by atoms with E-state index in [2.05, 4.69) is 14.9 Å². The number of aliphatic hydroxyl groups is 1. The predicted molar refractivity (Wildman–Crippen MR) is 86.8 cm³/mol. The second-order valence-electron chi connectivity index (χ2n) is 7.91. The molecule has 3 fully saturated rings. The largest absolute Gasteiger partial charge is 0.390 e. The molecular formula is C18H27N3O2. The lowest BCUT2D eigenvalue weighted by molar-refractivity contribution is -0.138. The lowest BCUT2D eigenvalue weighted by atomic mass is 9.72. The zero-order chi connectivity index (χ0) is 16.0. The summed E-state index contributed by atoms with van der Waals surface area (Å²) in [5.74, 6) is 0.975.